The van der Waals surface area contributed by atoms with Gasteiger partial charge >= 0.3 is 0 Å². The SMILES string of the molecule is Cc1ncsc1CNCC1(O)CCCc2ccccc21. The van der Waals surface area contributed by atoms with Gasteiger partial charge in [-0.05, 0) is 37.3 Å². The first kappa shape index (κ1) is 13.7. The molecular weight excluding hydrogens is 268 g/mol. The summed E-state index contributed by atoms with van der Waals surface area (Å²) < 4.78 is 0. The van der Waals surface area contributed by atoms with Gasteiger partial charge in [-0.3, -0.25) is 0 Å². The molecule has 0 aliphatic heterocycles. The highest BCUT2D eigenvalue weighted by atomic mass is 32.1. The van der Waals surface area contributed by atoms with Crippen LogP contribution in [-0.4, -0.2) is 16.6 Å². The van der Waals surface area contributed by atoms with Gasteiger partial charge in [0.25, 0.3) is 0 Å². The van der Waals surface area contributed by atoms with Crippen LogP contribution in [0.4, 0.5) is 0 Å². The largest absolute Gasteiger partial charge is 0.384 e. The van der Waals surface area contributed by atoms with E-state index in [1.54, 1.807) is 11.3 Å². The van der Waals surface area contributed by atoms with Gasteiger partial charge < -0.3 is 10.4 Å². The molecule has 1 aromatic carbocycles. The summed E-state index contributed by atoms with van der Waals surface area (Å²) in [6.07, 6.45) is 2.96. The lowest BCUT2D eigenvalue weighted by molar-refractivity contribution is 0.0190. The predicted octanol–water partition coefficient (Wildman–Crippen LogP) is 2.77. The average Bonchev–Trinajstić information content (AvgIpc) is 2.85. The van der Waals surface area contributed by atoms with Crippen LogP contribution in [0.15, 0.2) is 29.8 Å². The molecule has 0 saturated heterocycles. The van der Waals surface area contributed by atoms with Crippen molar-refractivity contribution in [1.82, 2.24) is 10.3 Å². The van der Waals surface area contributed by atoms with Gasteiger partial charge in [0, 0.05) is 18.0 Å². The van der Waals surface area contributed by atoms with Crippen LogP contribution in [0.3, 0.4) is 0 Å². The first-order chi connectivity index (χ1) is 9.69. The third-order valence-corrected chi connectivity index (χ3v) is 5.04. The number of nitrogens with one attached hydrogen (secondary N) is 1. The molecule has 3 rings (SSSR count). The zero-order valence-corrected chi connectivity index (χ0v) is 12.5. The second-order valence-corrected chi connectivity index (χ2v) is 6.45. The number of nitrogens with zero attached hydrogens (tertiary/aromatic N) is 1. The van der Waals surface area contributed by atoms with Gasteiger partial charge in [0.1, 0.15) is 5.60 Å². The Morgan fingerprint density at radius 2 is 2.25 bits per heavy atom. The highest BCUT2D eigenvalue weighted by Gasteiger charge is 2.33. The Kier molecular flexibility index (Phi) is 3.87. The average molecular weight is 288 g/mol. The van der Waals surface area contributed by atoms with Crippen LogP contribution >= 0.6 is 11.3 Å². The van der Waals surface area contributed by atoms with E-state index >= 15 is 0 Å². The summed E-state index contributed by atoms with van der Waals surface area (Å²) in [6.45, 7) is 3.40. The topological polar surface area (TPSA) is 45.2 Å². The van der Waals surface area contributed by atoms with E-state index in [9.17, 15) is 5.11 Å². The van der Waals surface area contributed by atoms with Gasteiger partial charge in [-0.15, -0.1) is 11.3 Å². The Morgan fingerprint density at radius 3 is 3.05 bits per heavy atom. The number of aryl methyl sites for hydroxylation is 2. The van der Waals surface area contributed by atoms with Crippen LogP contribution in [0.1, 0.15) is 34.5 Å². The fraction of sp³-hybridized carbons (Fsp3) is 0.438. The molecule has 0 spiro atoms. The number of aliphatic hydroxyl groups is 1. The van der Waals surface area contributed by atoms with Crippen molar-refractivity contribution in [1.29, 1.82) is 0 Å². The Labute approximate surface area is 123 Å². The highest BCUT2D eigenvalue weighted by Crippen LogP contribution is 2.34. The van der Waals surface area contributed by atoms with Crippen molar-refractivity contribution in [2.24, 2.45) is 0 Å². The molecule has 2 aromatic rings. The minimum atomic E-state index is -0.729. The van der Waals surface area contributed by atoms with Gasteiger partial charge in [-0.25, -0.2) is 4.98 Å². The maximum Gasteiger partial charge on any atom is 0.102 e. The molecule has 0 amide bonds. The van der Waals surface area contributed by atoms with E-state index in [0.717, 1.165) is 37.1 Å². The number of fused-ring (bicyclic) bond motifs is 1. The second-order valence-electron chi connectivity index (χ2n) is 5.51. The normalized spacial score (nSPS) is 21.7. The number of benzene rings is 1. The van der Waals surface area contributed by atoms with Gasteiger partial charge in [0.2, 0.25) is 0 Å². The number of aromatic nitrogens is 1. The molecule has 2 N–H and O–H groups in total. The predicted molar refractivity (Wildman–Crippen MR) is 81.8 cm³/mol. The van der Waals surface area contributed by atoms with Gasteiger partial charge in [0.15, 0.2) is 0 Å². The highest BCUT2D eigenvalue weighted by molar-refractivity contribution is 7.09. The third-order valence-electron chi connectivity index (χ3n) is 4.10. The summed E-state index contributed by atoms with van der Waals surface area (Å²) in [5.41, 5.74) is 4.61. The molecule has 3 nitrogen and oxygen atoms in total. The lowest BCUT2D eigenvalue weighted by Gasteiger charge is -2.34. The van der Waals surface area contributed by atoms with Crippen LogP contribution in [0, 0.1) is 6.92 Å². The molecule has 106 valence electrons. The van der Waals surface area contributed by atoms with E-state index < -0.39 is 5.60 Å². The first-order valence-electron chi connectivity index (χ1n) is 7.09. The van der Waals surface area contributed by atoms with Crippen molar-refractivity contribution < 1.29 is 5.11 Å². The van der Waals surface area contributed by atoms with Crippen LogP contribution in [-0.2, 0) is 18.6 Å². The lowest BCUT2D eigenvalue weighted by Crippen LogP contribution is -2.40. The minimum absolute atomic E-state index is 0.599. The monoisotopic (exact) mass is 288 g/mol. The van der Waals surface area contributed by atoms with Crippen molar-refractivity contribution >= 4 is 11.3 Å². The fourth-order valence-electron chi connectivity index (χ4n) is 2.96. The Balaban J connectivity index is 1.69. The van der Waals surface area contributed by atoms with Crippen LogP contribution in [0.5, 0.6) is 0 Å². The maximum absolute atomic E-state index is 10.9. The van der Waals surface area contributed by atoms with Crippen molar-refractivity contribution in [2.45, 2.75) is 38.3 Å². The van der Waals surface area contributed by atoms with E-state index in [2.05, 4.69) is 28.5 Å². The van der Waals surface area contributed by atoms with E-state index in [-0.39, 0.29) is 0 Å². The third kappa shape index (κ3) is 2.64. The number of hydrogen-bond donors (Lipinski definition) is 2. The quantitative estimate of drug-likeness (QED) is 0.909. The molecule has 1 heterocycles. The van der Waals surface area contributed by atoms with Crippen molar-refractivity contribution in [3.63, 3.8) is 0 Å². The summed E-state index contributed by atoms with van der Waals surface area (Å²) in [5.74, 6) is 0. The molecule has 20 heavy (non-hydrogen) atoms. The molecule has 0 radical (unpaired) electrons. The molecule has 1 aromatic heterocycles. The van der Waals surface area contributed by atoms with Crippen LogP contribution in [0.25, 0.3) is 0 Å². The van der Waals surface area contributed by atoms with Gasteiger partial charge in [-0.1, -0.05) is 24.3 Å². The Morgan fingerprint density at radius 1 is 1.40 bits per heavy atom. The van der Waals surface area contributed by atoms with Crippen molar-refractivity contribution in [2.75, 3.05) is 6.54 Å². The van der Waals surface area contributed by atoms with Crippen LogP contribution < -0.4 is 5.32 Å². The molecule has 1 aliphatic carbocycles. The first-order valence-corrected chi connectivity index (χ1v) is 7.97. The summed E-state index contributed by atoms with van der Waals surface area (Å²) in [5, 5.41) is 14.3. The molecule has 0 bridgehead atoms. The standard InChI is InChI=1S/C16H20N2OS/c1-12-15(20-11-18-12)9-17-10-16(19)8-4-6-13-5-2-3-7-14(13)16/h2-3,5,7,11,17,19H,4,6,8-10H2,1H3. The molecular formula is C16H20N2OS. The second kappa shape index (κ2) is 5.64. The zero-order valence-electron chi connectivity index (χ0n) is 11.7. The maximum atomic E-state index is 10.9. The van der Waals surface area contributed by atoms with E-state index in [4.69, 9.17) is 0 Å². The van der Waals surface area contributed by atoms with Crippen LogP contribution in [0.2, 0.25) is 0 Å². The van der Waals surface area contributed by atoms with Crippen molar-refractivity contribution in [3.05, 3.63) is 51.5 Å². The molecule has 1 aliphatic rings. The lowest BCUT2D eigenvalue weighted by atomic mass is 9.79. The fourth-order valence-corrected chi connectivity index (χ4v) is 3.71. The number of hydrogen-bond acceptors (Lipinski definition) is 4. The summed E-state index contributed by atoms with van der Waals surface area (Å²) >= 11 is 1.67. The summed E-state index contributed by atoms with van der Waals surface area (Å²) in [7, 11) is 0. The zero-order chi connectivity index (χ0) is 14.0. The minimum Gasteiger partial charge on any atom is -0.384 e. The molecule has 0 fully saturated rings. The Bertz CT molecular complexity index is 596. The van der Waals surface area contributed by atoms with Crippen molar-refractivity contribution in [3.8, 4) is 0 Å². The molecule has 0 saturated carbocycles. The molecule has 1 unspecified atom stereocenters. The smallest absolute Gasteiger partial charge is 0.102 e. The molecule has 1 atom stereocenters. The number of rotatable bonds is 4. The van der Waals surface area contributed by atoms with Gasteiger partial charge in [-0.2, -0.15) is 0 Å². The molecule has 4 heteroatoms. The van der Waals surface area contributed by atoms with E-state index in [1.165, 1.54) is 10.4 Å². The summed E-state index contributed by atoms with van der Waals surface area (Å²) in [6, 6.07) is 8.27. The Hall–Kier alpha value is -1.23. The van der Waals surface area contributed by atoms with E-state index in [0.29, 0.717) is 6.54 Å². The summed E-state index contributed by atoms with van der Waals surface area (Å²) in [4.78, 5) is 5.50. The van der Waals surface area contributed by atoms with Gasteiger partial charge in [0.05, 0.1) is 11.2 Å². The number of thiazole rings is 1. The van der Waals surface area contributed by atoms with E-state index in [1.807, 2.05) is 18.5 Å².